The molecule has 1 aromatic heterocycles. The van der Waals surface area contributed by atoms with Gasteiger partial charge in [-0.05, 0) is 12.5 Å². The van der Waals surface area contributed by atoms with Gasteiger partial charge in [0.2, 0.25) is 5.88 Å². The smallest absolute Gasteiger partial charge is 0.205 e. The minimum Gasteiger partial charge on any atom is -0.448 e. The third kappa shape index (κ3) is 1.77. The number of nitrogens with zero attached hydrogens (tertiary/aromatic N) is 1. The summed E-state index contributed by atoms with van der Waals surface area (Å²) in [6.07, 6.45) is 2.77. The average Bonchev–Trinajstić information content (AvgIpc) is 2.38. The summed E-state index contributed by atoms with van der Waals surface area (Å²) in [5, 5.41) is 0. The molecule has 0 unspecified atom stereocenters. The summed E-state index contributed by atoms with van der Waals surface area (Å²) in [6, 6.07) is 3.80. The van der Waals surface area contributed by atoms with E-state index in [1.54, 1.807) is 6.26 Å². The molecule has 0 N–H and O–H groups in total. The molecule has 1 heterocycles. The lowest BCUT2D eigenvalue weighted by molar-refractivity contribution is 0.570. The molecular formula is C7H10BrNO. The van der Waals surface area contributed by atoms with E-state index >= 15 is 0 Å². The van der Waals surface area contributed by atoms with Crippen LogP contribution in [0.25, 0.3) is 0 Å². The number of rotatable bonds is 3. The highest BCUT2D eigenvalue weighted by Gasteiger charge is 2.01. The van der Waals surface area contributed by atoms with Crippen LogP contribution in [-0.2, 0) is 0 Å². The molecule has 0 spiro atoms. The van der Waals surface area contributed by atoms with Crippen molar-refractivity contribution in [1.82, 2.24) is 0 Å². The van der Waals surface area contributed by atoms with Crippen molar-refractivity contribution in [3.8, 4) is 0 Å². The Labute approximate surface area is 69.2 Å². The Morgan fingerprint density at radius 2 is 2.50 bits per heavy atom. The van der Waals surface area contributed by atoms with Gasteiger partial charge in [-0.3, -0.25) is 3.93 Å². The summed E-state index contributed by atoms with van der Waals surface area (Å²) in [7, 11) is 0. The van der Waals surface area contributed by atoms with Gasteiger partial charge in [0.25, 0.3) is 0 Å². The topological polar surface area (TPSA) is 16.4 Å². The fourth-order valence-corrected chi connectivity index (χ4v) is 1.27. The third-order valence-electron chi connectivity index (χ3n) is 1.17. The zero-order valence-electron chi connectivity index (χ0n) is 5.88. The molecular weight excluding hydrogens is 194 g/mol. The predicted octanol–water partition coefficient (Wildman–Crippen LogP) is 2.81. The van der Waals surface area contributed by atoms with E-state index in [0.29, 0.717) is 0 Å². The van der Waals surface area contributed by atoms with Crippen molar-refractivity contribution < 1.29 is 4.42 Å². The molecule has 1 aromatic rings. The monoisotopic (exact) mass is 203 g/mol. The molecule has 0 fully saturated rings. The maximum absolute atomic E-state index is 5.13. The van der Waals surface area contributed by atoms with Gasteiger partial charge in [-0.2, -0.15) is 0 Å². The van der Waals surface area contributed by atoms with Gasteiger partial charge < -0.3 is 4.42 Å². The zero-order valence-corrected chi connectivity index (χ0v) is 7.47. The molecule has 0 aliphatic carbocycles. The van der Waals surface area contributed by atoms with Crippen LogP contribution in [0.1, 0.15) is 13.3 Å². The summed E-state index contributed by atoms with van der Waals surface area (Å²) in [5.41, 5.74) is 0. The molecule has 0 aliphatic rings. The van der Waals surface area contributed by atoms with Crippen LogP contribution in [0.5, 0.6) is 0 Å². The fraction of sp³-hybridized carbons (Fsp3) is 0.429. The Balaban J connectivity index is 2.50. The molecule has 3 heteroatoms. The van der Waals surface area contributed by atoms with Crippen LogP contribution in [0.2, 0.25) is 0 Å². The summed E-state index contributed by atoms with van der Waals surface area (Å²) in [4.78, 5) is 0. The first-order valence-corrected chi connectivity index (χ1v) is 4.02. The highest BCUT2D eigenvalue weighted by atomic mass is 79.9. The van der Waals surface area contributed by atoms with Crippen LogP contribution in [-0.4, -0.2) is 6.54 Å². The van der Waals surface area contributed by atoms with Crippen LogP contribution in [0.3, 0.4) is 0 Å². The largest absolute Gasteiger partial charge is 0.448 e. The van der Waals surface area contributed by atoms with Gasteiger partial charge in [-0.15, -0.1) is 0 Å². The Morgan fingerprint density at radius 3 is 3.00 bits per heavy atom. The van der Waals surface area contributed by atoms with Crippen molar-refractivity contribution in [3.05, 3.63) is 18.4 Å². The first-order chi connectivity index (χ1) is 4.84. The standard InChI is InChI=1S/C7H10BrNO/c1-2-5-9(8)7-4-3-6-10-7/h3-4,6H,2,5H2,1H3. The van der Waals surface area contributed by atoms with Gasteiger partial charge in [0, 0.05) is 12.6 Å². The quantitative estimate of drug-likeness (QED) is 0.704. The van der Waals surface area contributed by atoms with Crippen LogP contribution < -0.4 is 3.93 Å². The number of anilines is 1. The minimum atomic E-state index is 0.863. The zero-order chi connectivity index (χ0) is 7.40. The van der Waals surface area contributed by atoms with Gasteiger partial charge >= 0.3 is 0 Å². The van der Waals surface area contributed by atoms with Gasteiger partial charge in [-0.25, -0.2) is 0 Å². The normalized spacial score (nSPS) is 9.80. The highest BCUT2D eigenvalue weighted by Crippen LogP contribution is 2.17. The lowest BCUT2D eigenvalue weighted by Crippen LogP contribution is -2.08. The highest BCUT2D eigenvalue weighted by molar-refractivity contribution is 9.10. The number of furan rings is 1. The van der Waals surface area contributed by atoms with E-state index in [-0.39, 0.29) is 0 Å². The number of hydrogen-bond donors (Lipinski definition) is 0. The number of halogens is 1. The summed E-state index contributed by atoms with van der Waals surface area (Å²) >= 11 is 3.36. The Kier molecular flexibility index (Phi) is 2.81. The van der Waals surface area contributed by atoms with Gasteiger partial charge in [0.15, 0.2) is 0 Å². The maximum Gasteiger partial charge on any atom is 0.205 e. The Morgan fingerprint density at radius 1 is 1.70 bits per heavy atom. The van der Waals surface area contributed by atoms with Gasteiger partial charge in [-0.1, -0.05) is 6.92 Å². The van der Waals surface area contributed by atoms with E-state index in [9.17, 15) is 0 Å². The predicted molar refractivity (Wildman–Crippen MR) is 45.3 cm³/mol. The van der Waals surface area contributed by atoms with E-state index in [1.807, 2.05) is 16.1 Å². The molecule has 56 valence electrons. The molecule has 2 nitrogen and oxygen atoms in total. The molecule has 0 saturated carbocycles. The second-order valence-electron chi connectivity index (χ2n) is 2.04. The maximum atomic E-state index is 5.13. The first-order valence-electron chi connectivity index (χ1n) is 3.31. The van der Waals surface area contributed by atoms with Crippen LogP contribution >= 0.6 is 16.1 Å². The molecule has 1 rings (SSSR count). The lowest BCUT2D eigenvalue weighted by atomic mass is 10.5. The molecule has 10 heavy (non-hydrogen) atoms. The minimum absolute atomic E-state index is 0.863. The van der Waals surface area contributed by atoms with E-state index in [0.717, 1.165) is 18.8 Å². The molecule has 0 aliphatic heterocycles. The second kappa shape index (κ2) is 3.66. The fourth-order valence-electron chi connectivity index (χ4n) is 0.714. The SMILES string of the molecule is CCCN(Br)c1ccco1. The van der Waals surface area contributed by atoms with E-state index < -0.39 is 0 Å². The summed E-state index contributed by atoms with van der Waals surface area (Å²) in [5.74, 6) is 0.863. The summed E-state index contributed by atoms with van der Waals surface area (Å²) in [6.45, 7) is 3.09. The van der Waals surface area contributed by atoms with Crippen molar-refractivity contribution in [3.63, 3.8) is 0 Å². The molecule has 0 saturated heterocycles. The average molecular weight is 204 g/mol. The van der Waals surface area contributed by atoms with Crippen LogP contribution in [0.15, 0.2) is 22.8 Å². The van der Waals surface area contributed by atoms with Crippen LogP contribution in [0, 0.1) is 0 Å². The van der Waals surface area contributed by atoms with Crippen molar-refractivity contribution >= 4 is 22.0 Å². The molecule has 0 radical (unpaired) electrons. The van der Waals surface area contributed by atoms with Crippen molar-refractivity contribution in [2.45, 2.75) is 13.3 Å². The summed E-state index contributed by atoms with van der Waals surface area (Å²) < 4.78 is 7.04. The van der Waals surface area contributed by atoms with Crippen molar-refractivity contribution in [2.24, 2.45) is 0 Å². The Hall–Kier alpha value is -0.440. The number of hydrogen-bond acceptors (Lipinski definition) is 2. The lowest BCUT2D eigenvalue weighted by Gasteiger charge is -2.09. The van der Waals surface area contributed by atoms with Crippen molar-refractivity contribution in [1.29, 1.82) is 0 Å². The Bertz CT molecular complexity index is 174. The van der Waals surface area contributed by atoms with E-state index in [4.69, 9.17) is 4.42 Å². The van der Waals surface area contributed by atoms with Gasteiger partial charge in [0.1, 0.15) is 0 Å². The molecule has 0 atom stereocenters. The van der Waals surface area contributed by atoms with E-state index in [1.165, 1.54) is 0 Å². The first kappa shape index (κ1) is 7.66. The van der Waals surface area contributed by atoms with Crippen molar-refractivity contribution in [2.75, 3.05) is 10.5 Å². The molecule has 0 amide bonds. The third-order valence-corrected chi connectivity index (χ3v) is 1.87. The molecule has 0 aromatic carbocycles. The van der Waals surface area contributed by atoms with Crippen LogP contribution in [0.4, 0.5) is 5.88 Å². The molecule has 0 bridgehead atoms. The second-order valence-corrected chi connectivity index (χ2v) is 2.89. The van der Waals surface area contributed by atoms with E-state index in [2.05, 4.69) is 23.1 Å². The van der Waals surface area contributed by atoms with Gasteiger partial charge in [0.05, 0.1) is 22.4 Å².